The molecule has 5 nitrogen and oxygen atoms in total. The van der Waals surface area contributed by atoms with Crippen LogP contribution in [-0.2, 0) is 21.2 Å². The molecule has 2 aliphatic rings. The van der Waals surface area contributed by atoms with E-state index >= 15 is 0 Å². The van der Waals surface area contributed by atoms with Gasteiger partial charge in [0.05, 0.1) is 4.90 Å². The number of hydrogen-bond donors (Lipinski definition) is 1. The minimum Gasteiger partial charge on any atom is -0.309 e. The third-order valence-corrected chi connectivity index (χ3v) is 7.41. The topological polar surface area (TPSA) is 66.5 Å². The molecule has 1 N–H and O–H groups in total. The maximum atomic E-state index is 12.9. The molecule has 0 spiro atoms. The van der Waals surface area contributed by atoms with E-state index in [0.29, 0.717) is 12.1 Å². The van der Waals surface area contributed by atoms with Gasteiger partial charge in [-0.15, -0.1) is 0 Å². The number of nitrogens with one attached hydrogen (secondary N) is 1. The third-order valence-electron chi connectivity index (χ3n) is 6.03. The number of carbonyl (C=O) groups excluding carboxylic acids is 1. The summed E-state index contributed by atoms with van der Waals surface area (Å²) in [5.41, 5.74) is 4.48. The van der Waals surface area contributed by atoms with E-state index in [1.165, 1.54) is 0 Å². The van der Waals surface area contributed by atoms with Crippen LogP contribution in [0.1, 0.15) is 42.9 Å². The number of sulfonamides is 1. The summed E-state index contributed by atoms with van der Waals surface area (Å²) in [7, 11) is -3.68. The van der Waals surface area contributed by atoms with Crippen LogP contribution in [0.3, 0.4) is 0 Å². The van der Waals surface area contributed by atoms with Crippen molar-refractivity contribution in [1.29, 1.82) is 0 Å². The van der Waals surface area contributed by atoms with E-state index in [-0.39, 0.29) is 22.8 Å². The third kappa shape index (κ3) is 3.30. The van der Waals surface area contributed by atoms with E-state index in [1.54, 1.807) is 24.3 Å². The number of aryl methyl sites for hydroxylation is 2. The van der Waals surface area contributed by atoms with Crippen molar-refractivity contribution >= 4 is 27.3 Å². The molecule has 148 valence electrons. The van der Waals surface area contributed by atoms with Crippen LogP contribution in [0.5, 0.6) is 0 Å². The van der Waals surface area contributed by atoms with Crippen molar-refractivity contribution in [1.82, 2.24) is 0 Å². The standard InChI is InChI=1S/C22H26N2O3S/c1-14-7-8-19(11-15(14)2)23-28(26,27)20-9-10-21-18(13-20)12-16(3)24(21)22(25)17-5-4-6-17/h7-11,13,16-17,23H,4-6,12H2,1-3H3/t16-/m0/s1. The zero-order valence-corrected chi connectivity index (χ0v) is 17.3. The maximum absolute atomic E-state index is 12.9. The van der Waals surface area contributed by atoms with Gasteiger partial charge in [0, 0.05) is 23.3 Å². The molecule has 2 aromatic carbocycles. The lowest BCUT2D eigenvalue weighted by Crippen LogP contribution is -2.42. The summed E-state index contributed by atoms with van der Waals surface area (Å²) in [6, 6.07) is 10.7. The molecule has 1 saturated carbocycles. The zero-order chi connectivity index (χ0) is 20.1. The van der Waals surface area contributed by atoms with Crippen LogP contribution in [0.15, 0.2) is 41.3 Å². The number of nitrogens with zero attached hydrogens (tertiary/aromatic N) is 1. The average molecular weight is 399 g/mol. The van der Waals surface area contributed by atoms with Crippen molar-refractivity contribution in [3.63, 3.8) is 0 Å². The van der Waals surface area contributed by atoms with Gasteiger partial charge < -0.3 is 4.90 Å². The van der Waals surface area contributed by atoms with E-state index in [2.05, 4.69) is 4.72 Å². The number of rotatable bonds is 4. The molecule has 2 aromatic rings. The molecule has 0 saturated heterocycles. The van der Waals surface area contributed by atoms with Crippen molar-refractivity contribution in [2.24, 2.45) is 5.92 Å². The molecule has 1 atom stereocenters. The van der Waals surface area contributed by atoms with E-state index < -0.39 is 10.0 Å². The van der Waals surface area contributed by atoms with Crippen molar-refractivity contribution in [2.75, 3.05) is 9.62 Å². The summed E-state index contributed by atoms with van der Waals surface area (Å²) in [6.07, 6.45) is 3.72. The normalized spacial score (nSPS) is 19.2. The Hall–Kier alpha value is -2.34. The van der Waals surface area contributed by atoms with Crippen molar-refractivity contribution in [3.05, 3.63) is 53.1 Å². The van der Waals surface area contributed by atoms with Crippen molar-refractivity contribution < 1.29 is 13.2 Å². The highest BCUT2D eigenvalue weighted by Crippen LogP contribution is 2.38. The molecule has 0 radical (unpaired) electrons. The molecule has 1 heterocycles. The smallest absolute Gasteiger partial charge is 0.261 e. The van der Waals surface area contributed by atoms with Crippen LogP contribution in [0.25, 0.3) is 0 Å². The Bertz CT molecular complexity index is 1040. The fraction of sp³-hybridized carbons (Fsp3) is 0.409. The molecule has 1 aliphatic carbocycles. The zero-order valence-electron chi connectivity index (χ0n) is 16.5. The molecule has 6 heteroatoms. The number of carbonyl (C=O) groups is 1. The van der Waals surface area contributed by atoms with Gasteiger partial charge in [0.1, 0.15) is 0 Å². The second-order valence-corrected chi connectivity index (χ2v) is 9.77. The molecular weight excluding hydrogens is 372 g/mol. The Morgan fingerprint density at radius 3 is 2.46 bits per heavy atom. The highest BCUT2D eigenvalue weighted by molar-refractivity contribution is 7.92. The van der Waals surface area contributed by atoms with Crippen LogP contribution >= 0.6 is 0 Å². The Morgan fingerprint density at radius 2 is 1.82 bits per heavy atom. The summed E-state index contributed by atoms with van der Waals surface area (Å²) in [5, 5.41) is 0. The van der Waals surface area contributed by atoms with Gasteiger partial charge in [-0.1, -0.05) is 12.5 Å². The Kier molecular flexibility index (Phi) is 4.70. The lowest BCUT2D eigenvalue weighted by Gasteiger charge is -2.32. The largest absolute Gasteiger partial charge is 0.309 e. The van der Waals surface area contributed by atoms with Gasteiger partial charge in [-0.05, 0) is 87.1 Å². The molecule has 1 amide bonds. The molecule has 4 rings (SSSR count). The highest BCUT2D eigenvalue weighted by Gasteiger charge is 2.37. The molecule has 28 heavy (non-hydrogen) atoms. The predicted molar refractivity (Wildman–Crippen MR) is 111 cm³/mol. The van der Waals surface area contributed by atoms with Gasteiger partial charge in [-0.3, -0.25) is 9.52 Å². The van der Waals surface area contributed by atoms with Gasteiger partial charge in [-0.2, -0.15) is 0 Å². The monoisotopic (exact) mass is 398 g/mol. The van der Waals surface area contributed by atoms with Crippen LogP contribution in [0, 0.1) is 19.8 Å². The lowest BCUT2D eigenvalue weighted by atomic mass is 9.84. The fourth-order valence-corrected chi connectivity index (χ4v) is 5.08. The maximum Gasteiger partial charge on any atom is 0.261 e. The van der Waals surface area contributed by atoms with E-state index in [0.717, 1.165) is 41.6 Å². The number of hydrogen-bond acceptors (Lipinski definition) is 3. The highest BCUT2D eigenvalue weighted by atomic mass is 32.2. The van der Waals surface area contributed by atoms with Crippen LogP contribution in [-0.4, -0.2) is 20.4 Å². The van der Waals surface area contributed by atoms with Crippen LogP contribution < -0.4 is 9.62 Å². The first-order valence-corrected chi connectivity index (χ1v) is 11.3. The van der Waals surface area contributed by atoms with Crippen molar-refractivity contribution in [2.45, 2.75) is 57.4 Å². The van der Waals surface area contributed by atoms with Gasteiger partial charge in [0.25, 0.3) is 10.0 Å². The molecule has 0 aromatic heterocycles. The summed E-state index contributed by atoms with van der Waals surface area (Å²) in [4.78, 5) is 14.9. The van der Waals surface area contributed by atoms with Gasteiger partial charge in [-0.25, -0.2) is 8.42 Å². The van der Waals surface area contributed by atoms with E-state index in [4.69, 9.17) is 0 Å². The Balaban J connectivity index is 1.61. The molecular formula is C22H26N2O3S. The quantitative estimate of drug-likeness (QED) is 0.840. The summed E-state index contributed by atoms with van der Waals surface area (Å²) < 4.78 is 28.4. The minimum absolute atomic E-state index is 0.0637. The minimum atomic E-state index is -3.68. The number of benzene rings is 2. The van der Waals surface area contributed by atoms with Gasteiger partial charge in [0.15, 0.2) is 0 Å². The summed E-state index contributed by atoms with van der Waals surface area (Å²) in [5.74, 6) is 0.310. The molecule has 0 bridgehead atoms. The SMILES string of the molecule is Cc1ccc(NS(=O)(=O)c2ccc3c(c2)C[C@H](C)N3C(=O)C2CCC2)cc1C. The second kappa shape index (κ2) is 6.92. The van der Waals surface area contributed by atoms with Crippen LogP contribution in [0.4, 0.5) is 11.4 Å². The first-order valence-electron chi connectivity index (χ1n) is 9.82. The average Bonchev–Trinajstić information content (AvgIpc) is 2.91. The van der Waals surface area contributed by atoms with Gasteiger partial charge >= 0.3 is 0 Å². The van der Waals surface area contributed by atoms with Gasteiger partial charge in [0.2, 0.25) is 5.91 Å². The Morgan fingerprint density at radius 1 is 1.07 bits per heavy atom. The van der Waals surface area contributed by atoms with E-state index in [1.807, 2.05) is 37.8 Å². The Labute approximate surface area is 166 Å². The predicted octanol–water partition coefficient (Wildman–Crippen LogP) is 4.18. The first kappa shape index (κ1) is 19.0. The molecule has 1 aliphatic heterocycles. The summed E-state index contributed by atoms with van der Waals surface area (Å²) in [6.45, 7) is 5.97. The lowest BCUT2D eigenvalue weighted by molar-refractivity contribution is -0.125. The fourth-order valence-electron chi connectivity index (χ4n) is 3.98. The first-order chi connectivity index (χ1) is 13.3. The molecule has 0 unspecified atom stereocenters. The van der Waals surface area contributed by atoms with Crippen LogP contribution in [0.2, 0.25) is 0 Å². The second-order valence-electron chi connectivity index (χ2n) is 8.08. The number of anilines is 2. The molecule has 1 fully saturated rings. The summed E-state index contributed by atoms with van der Waals surface area (Å²) >= 11 is 0. The van der Waals surface area contributed by atoms with Crippen molar-refractivity contribution in [3.8, 4) is 0 Å². The number of amides is 1. The number of fused-ring (bicyclic) bond motifs is 1. The van der Waals surface area contributed by atoms with E-state index in [9.17, 15) is 13.2 Å².